The van der Waals surface area contributed by atoms with E-state index in [-0.39, 0.29) is 35.7 Å². The second-order valence-corrected chi connectivity index (χ2v) is 6.34. The van der Waals surface area contributed by atoms with Crippen molar-refractivity contribution in [1.82, 2.24) is 4.90 Å². The molecular formula is C10H17NO4S. The molecule has 0 aromatic heterocycles. The number of Topliss-reactive ketones (excluding diaryl/α,β-unsaturated/α-hetero) is 1. The summed E-state index contributed by atoms with van der Waals surface area (Å²) in [6.07, 6.45) is 0.351. The fourth-order valence-corrected chi connectivity index (χ4v) is 3.70. The number of nitrogens with zero attached hydrogens (tertiary/aromatic N) is 1. The zero-order valence-electron chi connectivity index (χ0n) is 9.60. The van der Waals surface area contributed by atoms with Crippen LogP contribution in [0.15, 0.2) is 0 Å². The summed E-state index contributed by atoms with van der Waals surface area (Å²) in [5, 5.41) is 0. The number of hydrogen-bond acceptors (Lipinski definition) is 4. The summed E-state index contributed by atoms with van der Waals surface area (Å²) >= 11 is 0. The van der Waals surface area contributed by atoms with Crippen LogP contribution in [0.2, 0.25) is 0 Å². The molecule has 16 heavy (non-hydrogen) atoms. The van der Waals surface area contributed by atoms with Gasteiger partial charge in [0.15, 0.2) is 9.84 Å². The normalized spacial score (nSPS) is 23.0. The first-order valence-corrected chi connectivity index (χ1v) is 7.17. The predicted molar refractivity (Wildman–Crippen MR) is 59.7 cm³/mol. The molecule has 0 aliphatic carbocycles. The highest BCUT2D eigenvalue weighted by Crippen LogP contribution is 2.18. The molecule has 1 aliphatic rings. The number of sulfone groups is 1. The summed E-state index contributed by atoms with van der Waals surface area (Å²) < 4.78 is 22.6. The van der Waals surface area contributed by atoms with Gasteiger partial charge in [0.05, 0.1) is 17.9 Å². The quantitative estimate of drug-likeness (QED) is 0.656. The van der Waals surface area contributed by atoms with E-state index in [1.165, 1.54) is 11.8 Å². The van der Waals surface area contributed by atoms with E-state index in [4.69, 9.17) is 0 Å². The van der Waals surface area contributed by atoms with Gasteiger partial charge >= 0.3 is 0 Å². The third-order valence-corrected chi connectivity index (χ3v) is 4.46. The zero-order chi connectivity index (χ0) is 12.3. The maximum atomic E-state index is 11.7. The van der Waals surface area contributed by atoms with Crippen LogP contribution < -0.4 is 0 Å². The van der Waals surface area contributed by atoms with Crippen LogP contribution in [0.5, 0.6) is 0 Å². The molecule has 0 aromatic carbocycles. The minimum Gasteiger partial charge on any atom is -0.339 e. The first-order chi connectivity index (χ1) is 7.35. The van der Waals surface area contributed by atoms with Crippen molar-refractivity contribution < 1.29 is 18.0 Å². The molecule has 1 heterocycles. The number of ketones is 1. The standard InChI is InChI=1S/C10H17NO4S/c1-3-11(10(13)6-8(2)12)9-4-5-16(14,15)7-9/h9H,3-7H2,1-2H3. The fraction of sp³-hybridized carbons (Fsp3) is 0.800. The van der Waals surface area contributed by atoms with Crippen LogP contribution in [0.25, 0.3) is 0 Å². The molecule has 1 aliphatic heterocycles. The van der Waals surface area contributed by atoms with Gasteiger partial charge in [0.2, 0.25) is 5.91 Å². The van der Waals surface area contributed by atoms with Crippen LogP contribution in [0.4, 0.5) is 0 Å². The maximum Gasteiger partial charge on any atom is 0.230 e. The Morgan fingerprint density at radius 3 is 2.38 bits per heavy atom. The smallest absolute Gasteiger partial charge is 0.230 e. The molecule has 0 bridgehead atoms. The summed E-state index contributed by atoms with van der Waals surface area (Å²) in [4.78, 5) is 24.0. The summed E-state index contributed by atoms with van der Waals surface area (Å²) in [5.41, 5.74) is 0. The molecule has 0 aromatic rings. The van der Waals surface area contributed by atoms with Crippen LogP contribution in [-0.4, -0.2) is 49.1 Å². The highest BCUT2D eigenvalue weighted by atomic mass is 32.2. The van der Waals surface area contributed by atoms with Crippen molar-refractivity contribution in [2.24, 2.45) is 0 Å². The molecule has 6 heteroatoms. The van der Waals surface area contributed by atoms with Crippen molar-refractivity contribution in [2.75, 3.05) is 18.1 Å². The monoisotopic (exact) mass is 247 g/mol. The van der Waals surface area contributed by atoms with Gasteiger partial charge < -0.3 is 4.90 Å². The highest BCUT2D eigenvalue weighted by Gasteiger charge is 2.33. The van der Waals surface area contributed by atoms with Crippen LogP contribution in [-0.2, 0) is 19.4 Å². The summed E-state index contributed by atoms with van der Waals surface area (Å²) in [6.45, 7) is 3.60. The van der Waals surface area contributed by atoms with Gasteiger partial charge in [-0.05, 0) is 20.3 Å². The summed E-state index contributed by atoms with van der Waals surface area (Å²) in [6, 6.07) is -0.248. The van der Waals surface area contributed by atoms with Gasteiger partial charge in [-0.15, -0.1) is 0 Å². The lowest BCUT2D eigenvalue weighted by molar-refractivity contribution is -0.136. The number of carbonyl (C=O) groups is 2. The van der Waals surface area contributed by atoms with Gasteiger partial charge in [0.25, 0.3) is 0 Å². The minimum atomic E-state index is -2.99. The molecule has 0 saturated carbocycles. The van der Waals surface area contributed by atoms with E-state index >= 15 is 0 Å². The van der Waals surface area contributed by atoms with E-state index in [9.17, 15) is 18.0 Å². The van der Waals surface area contributed by atoms with Crippen LogP contribution in [0.3, 0.4) is 0 Å². The summed E-state index contributed by atoms with van der Waals surface area (Å²) in [7, 11) is -2.99. The largest absolute Gasteiger partial charge is 0.339 e. The van der Waals surface area contributed by atoms with Crippen molar-refractivity contribution in [3.8, 4) is 0 Å². The fourth-order valence-electron chi connectivity index (χ4n) is 1.97. The Bertz CT molecular complexity index is 388. The van der Waals surface area contributed by atoms with Crippen molar-refractivity contribution in [1.29, 1.82) is 0 Å². The van der Waals surface area contributed by atoms with Gasteiger partial charge in [-0.3, -0.25) is 9.59 Å². The van der Waals surface area contributed by atoms with Crippen LogP contribution in [0.1, 0.15) is 26.7 Å². The lowest BCUT2D eigenvalue weighted by Gasteiger charge is -2.26. The first kappa shape index (κ1) is 13.2. The Hall–Kier alpha value is -0.910. The molecule has 0 radical (unpaired) electrons. The topological polar surface area (TPSA) is 71.5 Å². The van der Waals surface area contributed by atoms with Crippen molar-refractivity contribution in [3.05, 3.63) is 0 Å². The predicted octanol–water partition coefficient (Wildman–Crippen LogP) is 0.00110. The number of hydrogen-bond donors (Lipinski definition) is 0. The Morgan fingerprint density at radius 1 is 1.38 bits per heavy atom. The molecule has 1 atom stereocenters. The lowest BCUT2D eigenvalue weighted by atomic mass is 10.2. The lowest BCUT2D eigenvalue weighted by Crippen LogP contribution is -2.41. The molecule has 1 saturated heterocycles. The first-order valence-electron chi connectivity index (χ1n) is 5.35. The Balaban J connectivity index is 2.69. The number of carbonyl (C=O) groups excluding carboxylic acids is 2. The highest BCUT2D eigenvalue weighted by molar-refractivity contribution is 7.91. The number of amides is 1. The zero-order valence-corrected chi connectivity index (χ0v) is 10.4. The molecular weight excluding hydrogens is 230 g/mol. The second kappa shape index (κ2) is 4.95. The Kier molecular flexibility index (Phi) is 4.07. The van der Waals surface area contributed by atoms with E-state index in [0.29, 0.717) is 13.0 Å². The third-order valence-electron chi connectivity index (χ3n) is 2.71. The van der Waals surface area contributed by atoms with E-state index in [1.54, 1.807) is 6.92 Å². The Labute approximate surface area is 95.7 Å². The molecule has 0 spiro atoms. The molecule has 1 rings (SSSR count). The molecule has 1 amide bonds. The molecule has 1 fully saturated rings. The van der Waals surface area contributed by atoms with Gasteiger partial charge in [0, 0.05) is 12.6 Å². The van der Waals surface area contributed by atoms with Crippen molar-refractivity contribution >= 4 is 21.5 Å². The SMILES string of the molecule is CCN(C(=O)CC(C)=O)C1CCS(=O)(=O)C1. The van der Waals surface area contributed by atoms with E-state index < -0.39 is 9.84 Å². The van der Waals surface area contributed by atoms with E-state index in [2.05, 4.69) is 0 Å². The van der Waals surface area contributed by atoms with E-state index in [1.807, 2.05) is 0 Å². The minimum absolute atomic E-state index is 0.0322. The maximum absolute atomic E-state index is 11.7. The molecule has 92 valence electrons. The van der Waals surface area contributed by atoms with Gasteiger partial charge in [0.1, 0.15) is 5.78 Å². The molecule has 1 unspecified atom stereocenters. The molecule has 5 nitrogen and oxygen atoms in total. The Morgan fingerprint density at radius 2 is 2.00 bits per heavy atom. The van der Waals surface area contributed by atoms with Crippen molar-refractivity contribution in [3.63, 3.8) is 0 Å². The van der Waals surface area contributed by atoms with Crippen molar-refractivity contribution in [2.45, 2.75) is 32.7 Å². The van der Waals surface area contributed by atoms with Gasteiger partial charge in [-0.1, -0.05) is 0 Å². The van der Waals surface area contributed by atoms with E-state index in [0.717, 1.165) is 0 Å². The average molecular weight is 247 g/mol. The van der Waals surface area contributed by atoms with Crippen LogP contribution in [0, 0.1) is 0 Å². The summed E-state index contributed by atoms with van der Waals surface area (Å²) in [5.74, 6) is -0.284. The van der Waals surface area contributed by atoms with Gasteiger partial charge in [-0.25, -0.2) is 8.42 Å². The van der Waals surface area contributed by atoms with Crippen LogP contribution >= 0.6 is 0 Å². The average Bonchev–Trinajstić information content (AvgIpc) is 2.46. The van der Waals surface area contributed by atoms with Gasteiger partial charge in [-0.2, -0.15) is 0 Å². The second-order valence-electron chi connectivity index (χ2n) is 4.12. The third kappa shape index (κ3) is 3.30. The molecule has 0 N–H and O–H groups in total. The number of rotatable bonds is 4.